The van der Waals surface area contributed by atoms with E-state index in [1.54, 1.807) is 38.5 Å². The van der Waals surface area contributed by atoms with E-state index in [0.29, 0.717) is 27.3 Å². The van der Waals surface area contributed by atoms with Crippen molar-refractivity contribution in [3.63, 3.8) is 0 Å². The number of thioether (sulfide) groups is 1. The van der Waals surface area contributed by atoms with Crippen LogP contribution >= 0.6 is 24.0 Å². The van der Waals surface area contributed by atoms with E-state index < -0.39 is 0 Å². The summed E-state index contributed by atoms with van der Waals surface area (Å²) in [5.41, 5.74) is 0.774. The fraction of sp³-hybridized carbons (Fsp3) is 0.200. The van der Waals surface area contributed by atoms with Crippen LogP contribution in [-0.4, -0.2) is 35.9 Å². The van der Waals surface area contributed by atoms with Crippen LogP contribution in [0, 0.1) is 0 Å². The van der Waals surface area contributed by atoms with Crippen LogP contribution in [0.3, 0.4) is 0 Å². The zero-order valence-electron chi connectivity index (χ0n) is 11.8. The van der Waals surface area contributed by atoms with Gasteiger partial charge in [-0.2, -0.15) is 0 Å². The minimum absolute atomic E-state index is 0.116. The molecule has 2 rings (SSSR count). The molecule has 1 fully saturated rings. The summed E-state index contributed by atoms with van der Waals surface area (Å²) < 4.78 is 11.0. The summed E-state index contributed by atoms with van der Waals surface area (Å²) in [4.78, 5) is 14.4. The van der Waals surface area contributed by atoms with E-state index in [1.807, 2.05) is 6.07 Å². The first-order valence-electron chi connectivity index (χ1n) is 6.19. The van der Waals surface area contributed by atoms with Crippen LogP contribution in [0.4, 0.5) is 0 Å². The first-order chi connectivity index (χ1) is 10.1. The number of hydrogen-bond acceptors (Lipinski definition) is 5. The minimum atomic E-state index is -0.116. The van der Waals surface area contributed by atoms with Crippen molar-refractivity contribution in [2.24, 2.45) is 0 Å². The third kappa shape index (κ3) is 3.28. The Morgan fingerprint density at radius 3 is 2.76 bits per heavy atom. The topological polar surface area (TPSA) is 38.8 Å². The lowest BCUT2D eigenvalue weighted by Crippen LogP contribution is -2.27. The van der Waals surface area contributed by atoms with Gasteiger partial charge in [0.25, 0.3) is 5.91 Å². The van der Waals surface area contributed by atoms with Gasteiger partial charge in [-0.1, -0.05) is 30.1 Å². The van der Waals surface area contributed by atoms with Crippen LogP contribution in [0.15, 0.2) is 35.8 Å². The molecule has 0 N–H and O–H groups in total. The fourth-order valence-electron chi connectivity index (χ4n) is 1.88. The lowest BCUT2D eigenvalue weighted by Gasteiger charge is -2.10. The monoisotopic (exact) mass is 321 g/mol. The molecule has 0 spiro atoms. The number of amides is 1. The molecule has 1 aromatic carbocycles. The fourth-order valence-corrected chi connectivity index (χ4v) is 3.15. The predicted molar refractivity (Wildman–Crippen MR) is 89.6 cm³/mol. The van der Waals surface area contributed by atoms with Gasteiger partial charge in [0.2, 0.25) is 0 Å². The second-order valence-corrected chi connectivity index (χ2v) is 5.86. The van der Waals surface area contributed by atoms with Gasteiger partial charge in [0.1, 0.15) is 15.8 Å². The van der Waals surface area contributed by atoms with Crippen LogP contribution < -0.4 is 9.47 Å². The third-order valence-electron chi connectivity index (χ3n) is 2.91. The van der Waals surface area contributed by atoms with Gasteiger partial charge in [-0.05, 0) is 24.3 Å². The summed E-state index contributed by atoms with van der Waals surface area (Å²) >= 11 is 6.48. The maximum absolute atomic E-state index is 12.3. The lowest BCUT2D eigenvalue weighted by atomic mass is 10.1. The molecule has 0 bridgehead atoms. The largest absolute Gasteiger partial charge is 0.497 e. The smallest absolute Gasteiger partial charge is 0.266 e. The first-order valence-corrected chi connectivity index (χ1v) is 7.41. The molecule has 21 heavy (non-hydrogen) atoms. The summed E-state index contributed by atoms with van der Waals surface area (Å²) in [6.07, 6.45) is 3.42. The van der Waals surface area contributed by atoms with Gasteiger partial charge >= 0.3 is 0 Å². The molecule has 1 amide bonds. The maximum atomic E-state index is 12.3. The molecule has 1 aliphatic rings. The van der Waals surface area contributed by atoms with Gasteiger partial charge in [0.05, 0.1) is 19.1 Å². The molecule has 0 aromatic heterocycles. The number of nitrogens with zero attached hydrogens (tertiary/aromatic N) is 1. The number of hydrogen-bond donors (Lipinski definition) is 0. The highest BCUT2D eigenvalue weighted by atomic mass is 32.2. The molecule has 1 aromatic rings. The molecule has 1 aliphatic heterocycles. The van der Waals surface area contributed by atoms with Crippen molar-refractivity contribution in [2.45, 2.75) is 0 Å². The number of benzene rings is 1. The molecule has 1 heterocycles. The Morgan fingerprint density at radius 1 is 1.38 bits per heavy atom. The third-order valence-corrected chi connectivity index (χ3v) is 4.29. The van der Waals surface area contributed by atoms with Gasteiger partial charge in [-0.15, -0.1) is 6.58 Å². The van der Waals surface area contributed by atoms with E-state index in [0.717, 1.165) is 5.56 Å². The Kier molecular flexibility index (Phi) is 5.03. The molecule has 110 valence electrons. The van der Waals surface area contributed by atoms with Gasteiger partial charge in [0.15, 0.2) is 0 Å². The molecule has 0 saturated carbocycles. The number of rotatable bonds is 5. The zero-order chi connectivity index (χ0) is 15.4. The van der Waals surface area contributed by atoms with Gasteiger partial charge in [-0.3, -0.25) is 9.69 Å². The van der Waals surface area contributed by atoms with Gasteiger partial charge in [-0.25, -0.2) is 0 Å². The molecule has 0 aliphatic carbocycles. The van der Waals surface area contributed by atoms with Crippen molar-refractivity contribution in [3.05, 3.63) is 41.3 Å². The van der Waals surface area contributed by atoms with E-state index in [4.69, 9.17) is 21.7 Å². The summed E-state index contributed by atoms with van der Waals surface area (Å²) in [5, 5.41) is 0. The SMILES string of the molecule is C=CCN1C(=O)C(=Cc2cc(OC)ccc2OC)SC1=S. The molecule has 4 nitrogen and oxygen atoms in total. The standard InChI is InChI=1S/C15H15NO3S2/c1-4-7-16-14(17)13(21-15(16)20)9-10-8-11(18-2)5-6-12(10)19-3/h4-6,8-9H,1,7H2,2-3H3. The number of carbonyl (C=O) groups excluding carboxylic acids is 1. The Labute approximate surface area is 133 Å². The molecule has 6 heteroatoms. The highest BCUT2D eigenvalue weighted by Gasteiger charge is 2.31. The van der Waals surface area contributed by atoms with Crippen LogP contribution in [-0.2, 0) is 4.79 Å². The number of thiocarbonyl (C=S) groups is 1. The maximum Gasteiger partial charge on any atom is 0.266 e. The number of ether oxygens (including phenoxy) is 2. The van der Waals surface area contributed by atoms with Gasteiger partial charge < -0.3 is 9.47 Å². The summed E-state index contributed by atoms with van der Waals surface area (Å²) in [5.74, 6) is 1.25. The van der Waals surface area contributed by atoms with Gasteiger partial charge in [0, 0.05) is 12.1 Å². The second-order valence-electron chi connectivity index (χ2n) is 4.19. The van der Waals surface area contributed by atoms with Crippen molar-refractivity contribution < 1.29 is 14.3 Å². The molecular weight excluding hydrogens is 306 g/mol. The Morgan fingerprint density at radius 2 is 2.14 bits per heavy atom. The number of methoxy groups -OCH3 is 2. The van der Waals surface area contributed by atoms with E-state index >= 15 is 0 Å². The first kappa shape index (κ1) is 15.6. The van der Waals surface area contributed by atoms with Crippen molar-refractivity contribution in [3.8, 4) is 11.5 Å². The molecule has 1 saturated heterocycles. The summed E-state index contributed by atoms with van der Waals surface area (Å²) in [6.45, 7) is 4.05. The molecule has 0 unspecified atom stereocenters. The normalized spacial score (nSPS) is 16.5. The van der Waals surface area contributed by atoms with Crippen molar-refractivity contribution >= 4 is 40.3 Å². The minimum Gasteiger partial charge on any atom is -0.497 e. The molecular formula is C15H15NO3S2. The second kappa shape index (κ2) is 6.78. The van der Waals surface area contributed by atoms with Crippen LogP contribution in [0.5, 0.6) is 11.5 Å². The zero-order valence-corrected chi connectivity index (χ0v) is 13.4. The van der Waals surface area contributed by atoms with E-state index in [1.165, 1.54) is 16.7 Å². The van der Waals surface area contributed by atoms with Crippen LogP contribution in [0.1, 0.15) is 5.56 Å². The van der Waals surface area contributed by atoms with Crippen molar-refractivity contribution in [1.29, 1.82) is 0 Å². The number of carbonyl (C=O) groups is 1. The van der Waals surface area contributed by atoms with Crippen LogP contribution in [0.2, 0.25) is 0 Å². The summed E-state index contributed by atoms with van der Waals surface area (Å²) in [7, 11) is 3.18. The molecule has 0 atom stereocenters. The molecule has 0 radical (unpaired) electrons. The van der Waals surface area contributed by atoms with Crippen molar-refractivity contribution in [2.75, 3.05) is 20.8 Å². The lowest BCUT2D eigenvalue weighted by molar-refractivity contribution is -0.121. The van der Waals surface area contributed by atoms with E-state index in [-0.39, 0.29) is 5.91 Å². The van der Waals surface area contributed by atoms with Crippen molar-refractivity contribution in [1.82, 2.24) is 4.90 Å². The highest BCUT2D eigenvalue weighted by molar-refractivity contribution is 8.26. The highest BCUT2D eigenvalue weighted by Crippen LogP contribution is 2.35. The van der Waals surface area contributed by atoms with E-state index in [9.17, 15) is 4.79 Å². The quantitative estimate of drug-likeness (QED) is 0.473. The average molecular weight is 321 g/mol. The predicted octanol–water partition coefficient (Wildman–Crippen LogP) is 3.09. The average Bonchev–Trinajstić information content (AvgIpc) is 2.75. The summed E-state index contributed by atoms with van der Waals surface area (Å²) in [6, 6.07) is 5.42. The Balaban J connectivity index is 2.38. The Hall–Kier alpha value is -1.79. The van der Waals surface area contributed by atoms with E-state index in [2.05, 4.69) is 6.58 Å². The van der Waals surface area contributed by atoms with Crippen LogP contribution in [0.25, 0.3) is 6.08 Å². The Bertz CT molecular complexity index is 625.